The summed E-state index contributed by atoms with van der Waals surface area (Å²) in [4.78, 5) is 22.2. The average Bonchev–Trinajstić information content (AvgIpc) is 2.43. The van der Waals surface area contributed by atoms with Gasteiger partial charge in [0.05, 0.1) is 11.0 Å². The summed E-state index contributed by atoms with van der Waals surface area (Å²) < 4.78 is 13.8. The molecule has 21 heavy (non-hydrogen) atoms. The Kier molecular flexibility index (Phi) is 4.32. The van der Waals surface area contributed by atoms with Gasteiger partial charge in [-0.05, 0) is 36.8 Å². The molecule has 2 rings (SSSR count). The minimum atomic E-state index is -0.746. The van der Waals surface area contributed by atoms with Gasteiger partial charge in [-0.3, -0.25) is 14.9 Å². The Morgan fingerprint density at radius 3 is 2.62 bits per heavy atom. The summed E-state index contributed by atoms with van der Waals surface area (Å²) in [5.74, 6) is -1.25. The number of nitro benzene ring substituents is 1. The maximum absolute atomic E-state index is 13.0. The molecule has 0 fully saturated rings. The van der Waals surface area contributed by atoms with Gasteiger partial charge in [-0.25, -0.2) is 4.39 Å². The molecule has 0 radical (unpaired) electrons. The molecule has 0 heterocycles. The van der Waals surface area contributed by atoms with Crippen molar-refractivity contribution in [2.24, 2.45) is 0 Å². The highest BCUT2D eigenvalue weighted by Gasteiger charge is 2.18. The number of halogens is 2. The van der Waals surface area contributed by atoms with E-state index >= 15 is 0 Å². The summed E-state index contributed by atoms with van der Waals surface area (Å²) in [5, 5.41) is 13.3. The standard InChI is InChI=1S/C14H10BrFN2O3/c1-8-2-3-9(6-11(8)15)14(19)17-12-5-4-10(16)7-13(12)18(20)21/h2-7H,1H3,(H,17,19). The van der Waals surface area contributed by atoms with Gasteiger partial charge >= 0.3 is 0 Å². The Hall–Kier alpha value is -2.28. The van der Waals surface area contributed by atoms with Crippen LogP contribution in [0, 0.1) is 22.9 Å². The minimum Gasteiger partial charge on any atom is -0.316 e. The molecule has 0 bridgehead atoms. The fourth-order valence-corrected chi connectivity index (χ4v) is 2.07. The van der Waals surface area contributed by atoms with Crippen molar-refractivity contribution in [3.8, 4) is 0 Å². The third-order valence-electron chi connectivity index (χ3n) is 2.84. The van der Waals surface area contributed by atoms with E-state index in [0.717, 1.165) is 28.2 Å². The summed E-state index contributed by atoms with van der Waals surface area (Å²) in [6.45, 7) is 1.87. The molecule has 0 aliphatic heterocycles. The first-order valence-corrected chi connectivity index (χ1v) is 6.69. The van der Waals surface area contributed by atoms with Crippen LogP contribution in [0.15, 0.2) is 40.9 Å². The van der Waals surface area contributed by atoms with Crippen LogP contribution in [0.25, 0.3) is 0 Å². The lowest BCUT2D eigenvalue weighted by atomic mass is 10.1. The molecule has 2 aromatic rings. The molecule has 0 aliphatic rings. The van der Waals surface area contributed by atoms with Crippen LogP contribution in [0.5, 0.6) is 0 Å². The third-order valence-corrected chi connectivity index (χ3v) is 3.69. The van der Waals surface area contributed by atoms with E-state index in [1.54, 1.807) is 18.2 Å². The molecular weight excluding hydrogens is 343 g/mol. The molecule has 0 spiro atoms. The normalized spacial score (nSPS) is 10.2. The molecule has 0 saturated carbocycles. The zero-order valence-corrected chi connectivity index (χ0v) is 12.5. The Balaban J connectivity index is 2.31. The first kappa shape index (κ1) is 15.1. The van der Waals surface area contributed by atoms with Crippen LogP contribution >= 0.6 is 15.9 Å². The van der Waals surface area contributed by atoms with Crippen LogP contribution in [-0.4, -0.2) is 10.8 Å². The van der Waals surface area contributed by atoms with Gasteiger partial charge in [-0.1, -0.05) is 22.0 Å². The van der Waals surface area contributed by atoms with E-state index in [4.69, 9.17) is 0 Å². The quantitative estimate of drug-likeness (QED) is 0.668. The number of hydrogen-bond donors (Lipinski definition) is 1. The fraction of sp³-hybridized carbons (Fsp3) is 0.0714. The van der Waals surface area contributed by atoms with Crippen molar-refractivity contribution in [1.29, 1.82) is 0 Å². The molecule has 5 nitrogen and oxygen atoms in total. The number of amides is 1. The molecule has 0 saturated heterocycles. The van der Waals surface area contributed by atoms with Crippen molar-refractivity contribution in [3.05, 3.63) is 67.9 Å². The average molecular weight is 353 g/mol. The fourth-order valence-electron chi connectivity index (χ4n) is 1.69. The summed E-state index contributed by atoms with van der Waals surface area (Å²) >= 11 is 3.31. The number of nitro groups is 1. The highest BCUT2D eigenvalue weighted by Crippen LogP contribution is 2.26. The number of aryl methyl sites for hydroxylation is 1. The number of anilines is 1. The highest BCUT2D eigenvalue weighted by atomic mass is 79.9. The molecule has 2 aromatic carbocycles. The number of nitrogens with one attached hydrogen (secondary N) is 1. The topological polar surface area (TPSA) is 72.2 Å². The van der Waals surface area contributed by atoms with Crippen molar-refractivity contribution >= 4 is 33.2 Å². The van der Waals surface area contributed by atoms with E-state index in [2.05, 4.69) is 21.2 Å². The van der Waals surface area contributed by atoms with Crippen LogP contribution in [-0.2, 0) is 0 Å². The highest BCUT2D eigenvalue weighted by molar-refractivity contribution is 9.10. The molecular formula is C14H10BrFN2O3. The second-order valence-corrected chi connectivity index (χ2v) is 5.19. The lowest BCUT2D eigenvalue weighted by molar-refractivity contribution is -0.384. The molecule has 0 aliphatic carbocycles. The van der Waals surface area contributed by atoms with Crippen molar-refractivity contribution < 1.29 is 14.1 Å². The summed E-state index contributed by atoms with van der Waals surface area (Å²) in [6.07, 6.45) is 0. The van der Waals surface area contributed by atoms with E-state index in [-0.39, 0.29) is 5.69 Å². The second kappa shape index (κ2) is 6.01. The van der Waals surface area contributed by atoms with Crippen molar-refractivity contribution in [1.82, 2.24) is 0 Å². The molecule has 0 aromatic heterocycles. The van der Waals surface area contributed by atoms with Crippen molar-refractivity contribution in [2.45, 2.75) is 6.92 Å². The van der Waals surface area contributed by atoms with E-state index in [0.29, 0.717) is 5.56 Å². The third kappa shape index (κ3) is 3.43. The Morgan fingerprint density at radius 2 is 2.00 bits per heavy atom. The van der Waals surface area contributed by atoms with Crippen LogP contribution in [0.4, 0.5) is 15.8 Å². The lowest BCUT2D eigenvalue weighted by Gasteiger charge is -2.07. The van der Waals surface area contributed by atoms with E-state index in [1.165, 1.54) is 0 Å². The van der Waals surface area contributed by atoms with Crippen LogP contribution in [0.2, 0.25) is 0 Å². The SMILES string of the molecule is Cc1ccc(C(=O)Nc2ccc(F)cc2[N+](=O)[O-])cc1Br. The van der Waals surface area contributed by atoms with Gasteiger partial charge in [-0.2, -0.15) is 0 Å². The van der Waals surface area contributed by atoms with Gasteiger partial charge in [0.1, 0.15) is 11.5 Å². The molecule has 0 atom stereocenters. The summed E-state index contributed by atoms with van der Waals surface area (Å²) in [7, 11) is 0. The molecule has 1 amide bonds. The van der Waals surface area contributed by atoms with Crippen molar-refractivity contribution in [2.75, 3.05) is 5.32 Å². The summed E-state index contributed by atoms with van der Waals surface area (Å²) in [6, 6.07) is 7.94. The summed E-state index contributed by atoms with van der Waals surface area (Å²) in [5.41, 5.74) is 0.753. The van der Waals surface area contributed by atoms with E-state index < -0.39 is 22.3 Å². The van der Waals surface area contributed by atoms with Gasteiger partial charge in [-0.15, -0.1) is 0 Å². The second-order valence-electron chi connectivity index (χ2n) is 4.34. The largest absolute Gasteiger partial charge is 0.316 e. The predicted octanol–water partition coefficient (Wildman–Crippen LogP) is 4.06. The van der Waals surface area contributed by atoms with Gasteiger partial charge in [0.25, 0.3) is 11.6 Å². The van der Waals surface area contributed by atoms with Crippen LogP contribution in [0.1, 0.15) is 15.9 Å². The smallest absolute Gasteiger partial charge is 0.295 e. The monoisotopic (exact) mass is 352 g/mol. The number of carbonyl (C=O) groups is 1. The number of hydrogen-bond acceptors (Lipinski definition) is 3. The minimum absolute atomic E-state index is 0.0527. The predicted molar refractivity (Wildman–Crippen MR) is 79.9 cm³/mol. The van der Waals surface area contributed by atoms with Crippen LogP contribution < -0.4 is 5.32 Å². The molecule has 7 heteroatoms. The number of carbonyl (C=O) groups excluding carboxylic acids is 1. The number of benzene rings is 2. The maximum atomic E-state index is 13.0. The molecule has 0 unspecified atom stereocenters. The first-order chi connectivity index (χ1) is 9.88. The maximum Gasteiger partial charge on any atom is 0.295 e. The van der Waals surface area contributed by atoms with Crippen LogP contribution in [0.3, 0.4) is 0 Å². The van der Waals surface area contributed by atoms with Gasteiger partial charge in [0.15, 0.2) is 0 Å². The molecule has 1 N–H and O–H groups in total. The van der Waals surface area contributed by atoms with Gasteiger partial charge in [0.2, 0.25) is 0 Å². The Labute approximate surface area is 128 Å². The van der Waals surface area contributed by atoms with Gasteiger partial charge < -0.3 is 5.32 Å². The molecule has 108 valence electrons. The first-order valence-electron chi connectivity index (χ1n) is 5.90. The zero-order chi connectivity index (χ0) is 15.6. The number of rotatable bonds is 3. The van der Waals surface area contributed by atoms with E-state index in [9.17, 15) is 19.3 Å². The van der Waals surface area contributed by atoms with Gasteiger partial charge in [0, 0.05) is 10.0 Å². The zero-order valence-electron chi connectivity index (χ0n) is 10.9. The Morgan fingerprint density at radius 1 is 1.29 bits per heavy atom. The Bertz CT molecular complexity index is 734. The van der Waals surface area contributed by atoms with E-state index in [1.807, 2.05) is 6.92 Å². The number of nitrogens with zero attached hydrogens (tertiary/aromatic N) is 1. The lowest BCUT2D eigenvalue weighted by Crippen LogP contribution is -2.13. The van der Waals surface area contributed by atoms with Crippen molar-refractivity contribution in [3.63, 3.8) is 0 Å².